The second-order valence-electron chi connectivity index (χ2n) is 5.51. The van der Waals surface area contributed by atoms with Gasteiger partial charge in [-0.25, -0.2) is 0 Å². The van der Waals surface area contributed by atoms with E-state index in [9.17, 15) is 4.79 Å². The second-order valence-corrected chi connectivity index (χ2v) is 5.51. The maximum Gasteiger partial charge on any atom is 0.246 e. The van der Waals surface area contributed by atoms with Gasteiger partial charge in [-0.15, -0.1) is 0 Å². The van der Waals surface area contributed by atoms with Crippen LogP contribution in [0.2, 0.25) is 0 Å². The van der Waals surface area contributed by atoms with E-state index in [0.29, 0.717) is 0 Å². The molecule has 21 heavy (non-hydrogen) atoms. The molecule has 3 heteroatoms. The number of rotatable bonds is 3. The maximum atomic E-state index is 11.9. The summed E-state index contributed by atoms with van der Waals surface area (Å²) in [5, 5.41) is 0. The molecule has 1 amide bonds. The first-order chi connectivity index (χ1) is 10.2. The zero-order valence-corrected chi connectivity index (χ0v) is 12.5. The minimum absolute atomic E-state index is 0.116. The third-order valence-corrected chi connectivity index (χ3v) is 4.06. The zero-order chi connectivity index (χ0) is 14.8. The number of hydrogen-bond acceptors (Lipinski definition) is 1. The molecule has 0 atom stereocenters. The van der Waals surface area contributed by atoms with Crippen molar-refractivity contribution in [3.05, 3.63) is 59.4 Å². The average Bonchev–Trinajstić information content (AvgIpc) is 2.70. The van der Waals surface area contributed by atoms with E-state index < -0.39 is 0 Å². The van der Waals surface area contributed by atoms with Gasteiger partial charge in [0.15, 0.2) is 0 Å². The number of carbonyl (C=O) groups excluding carboxylic acids is 1. The Morgan fingerprint density at radius 2 is 1.86 bits per heavy atom. The van der Waals surface area contributed by atoms with Gasteiger partial charge >= 0.3 is 0 Å². The van der Waals surface area contributed by atoms with Crippen LogP contribution in [0.25, 0.3) is 11.8 Å². The Bertz CT molecular complexity index is 679. The first kappa shape index (κ1) is 13.7. The molecule has 1 aliphatic rings. The van der Waals surface area contributed by atoms with Gasteiger partial charge in [0, 0.05) is 36.2 Å². The van der Waals surface area contributed by atoms with E-state index in [2.05, 4.69) is 36.6 Å². The van der Waals surface area contributed by atoms with Crippen molar-refractivity contribution in [3.63, 3.8) is 0 Å². The number of amides is 1. The Hall–Kier alpha value is -2.29. The predicted octanol–water partition coefficient (Wildman–Crippen LogP) is 3.34. The first-order valence-corrected chi connectivity index (χ1v) is 7.38. The molecule has 1 aromatic heterocycles. The quantitative estimate of drug-likeness (QED) is 0.792. The molecule has 3 nitrogen and oxygen atoms in total. The summed E-state index contributed by atoms with van der Waals surface area (Å²) in [6.45, 7) is 5.97. The number of hydrogen-bond donors (Lipinski definition) is 0. The second kappa shape index (κ2) is 5.60. The highest BCUT2D eigenvalue weighted by atomic mass is 16.2. The molecule has 2 heterocycles. The van der Waals surface area contributed by atoms with Crippen molar-refractivity contribution in [2.75, 3.05) is 13.1 Å². The molecule has 1 aliphatic heterocycles. The summed E-state index contributed by atoms with van der Waals surface area (Å²) in [4.78, 5) is 13.8. The Kier molecular flexibility index (Phi) is 3.65. The Balaban J connectivity index is 1.87. The Labute approximate surface area is 125 Å². The lowest BCUT2D eigenvalue weighted by atomic mass is 10.2. The smallest absolute Gasteiger partial charge is 0.246 e. The molecule has 1 aromatic carbocycles. The molecule has 0 radical (unpaired) electrons. The molecule has 1 saturated heterocycles. The summed E-state index contributed by atoms with van der Waals surface area (Å²) in [6.07, 6.45) is 4.75. The largest absolute Gasteiger partial charge is 0.339 e. The number of likely N-dealkylation sites (tertiary alicyclic amines) is 1. The number of benzene rings is 1. The third kappa shape index (κ3) is 2.64. The maximum absolute atomic E-state index is 11.9. The van der Waals surface area contributed by atoms with Gasteiger partial charge in [0.1, 0.15) is 0 Å². The molecular weight excluding hydrogens is 260 g/mol. The Morgan fingerprint density at radius 1 is 1.14 bits per heavy atom. The van der Waals surface area contributed by atoms with Crippen LogP contribution in [-0.4, -0.2) is 28.5 Å². The molecule has 1 fully saturated rings. The summed E-state index contributed by atoms with van der Waals surface area (Å²) >= 11 is 0. The van der Waals surface area contributed by atoms with E-state index in [1.54, 1.807) is 6.08 Å². The molecule has 0 aliphatic carbocycles. The number of nitrogens with zero attached hydrogens (tertiary/aromatic N) is 2. The first-order valence-electron chi connectivity index (χ1n) is 7.38. The fraction of sp³-hybridized carbons (Fsp3) is 0.278. The van der Waals surface area contributed by atoms with Gasteiger partial charge < -0.3 is 9.47 Å². The molecule has 0 saturated carbocycles. The molecule has 0 spiro atoms. The minimum atomic E-state index is 0.116. The number of carbonyl (C=O) groups is 1. The minimum Gasteiger partial charge on any atom is -0.339 e. The van der Waals surface area contributed by atoms with Gasteiger partial charge in [-0.1, -0.05) is 18.2 Å². The Morgan fingerprint density at radius 3 is 2.48 bits per heavy atom. The fourth-order valence-corrected chi connectivity index (χ4v) is 2.73. The fourth-order valence-electron chi connectivity index (χ4n) is 2.73. The van der Waals surface area contributed by atoms with Crippen LogP contribution in [0.15, 0.2) is 42.5 Å². The van der Waals surface area contributed by atoms with E-state index in [0.717, 1.165) is 36.5 Å². The van der Waals surface area contributed by atoms with Crippen LogP contribution in [0.5, 0.6) is 0 Å². The summed E-state index contributed by atoms with van der Waals surface area (Å²) in [6, 6.07) is 12.4. The van der Waals surface area contributed by atoms with Crippen LogP contribution in [0.1, 0.15) is 23.4 Å². The van der Waals surface area contributed by atoms with Crippen molar-refractivity contribution < 1.29 is 4.79 Å². The van der Waals surface area contributed by atoms with Gasteiger partial charge in [-0.2, -0.15) is 0 Å². The highest BCUT2D eigenvalue weighted by molar-refractivity contribution is 5.92. The standard InChI is InChI=1S/C18H20N2O/c1-14-13-16(9-10-18(21)19-11-6-12-19)15(2)20(14)17-7-4-3-5-8-17/h3-5,7-10,13H,6,11-12H2,1-2H3. The summed E-state index contributed by atoms with van der Waals surface area (Å²) in [5.41, 5.74) is 4.59. The van der Waals surface area contributed by atoms with Crippen molar-refractivity contribution in [2.24, 2.45) is 0 Å². The predicted molar refractivity (Wildman–Crippen MR) is 85.5 cm³/mol. The van der Waals surface area contributed by atoms with Crippen molar-refractivity contribution in [1.29, 1.82) is 0 Å². The van der Waals surface area contributed by atoms with Gasteiger partial charge in [0.2, 0.25) is 5.91 Å². The molecule has 0 N–H and O–H groups in total. The number of aryl methyl sites for hydroxylation is 1. The average molecular weight is 280 g/mol. The molecule has 2 aromatic rings. The van der Waals surface area contributed by atoms with E-state index in [1.807, 2.05) is 29.2 Å². The van der Waals surface area contributed by atoms with Crippen LogP contribution in [0.4, 0.5) is 0 Å². The van der Waals surface area contributed by atoms with Crippen molar-refractivity contribution in [1.82, 2.24) is 9.47 Å². The number of aromatic nitrogens is 1. The lowest BCUT2D eigenvalue weighted by Gasteiger charge is -2.29. The SMILES string of the molecule is Cc1cc(C=CC(=O)N2CCC2)c(C)n1-c1ccccc1. The third-order valence-electron chi connectivity index (χ3n) is 4.06. The van der Waals surface area contributed by atoms with Crippen LogP contribution in [0.3, 0.4) is 0 Å². The molecular formula is C18H20N2O. The van der Waals surface area contributed by atoms with Gasteiger partial charge in [-0.05, 0) is 50.1 Å². The van der Waals surface area contributed by atoms with E-state index in [1.165, 1.54) is 5.69 Å². The highest BCUT2D eigenvalue weighted by Gasteiger charge is 2.17. The van der Waals surface area contributed by atoms with Crippen molar-refractivity contribution >= 4 is 12.0 Å². The normalized spacial score (nSPS) is 14.5. The van der Waals surface area contributed by atoms with Crippen LogP contribution in [0, 0.1) is 13.8 Å². The van der Waals surface area contributed by atoms with Gasteiger partial charge in [0.05, 0.1) is 0 Å². The highest BCUT2D eigenvalue weighted by Crippen LogP contribution is 2.21. The molecule has 0 bridgehead atoms. The van der Waals surface area contributed by atoms with Crippen molar-refractivity contribution in [2.45, 2.75) is 20.3 Å². The van der Waals surface area contributed by atoms with E-state index in [-0.39, 0.29) is 5.91 Å². The zero-order valence-electron chi connectivity index (χ0n) is 12.5. The van der Waals surface area contributed by atoms with E-state index >= 15 is 0 Å². The van der Waals surface area contributed by atoms with Crippen LogP contribution < -0.4 is 0 Å². The summed E-state index contributed by atoms with van der Waals surface area (Å²) in [7, 11) is 0. The van der Waals surface area contributed by atoms with Crippen LogP contribution in [-0.2, 0) is 4.79 Å². The van der Waals surface area contributed by atoms with Gasteiger partial charge in [0.25, 0.3) is 0 Å². The topological polar surface area (TPSA) is 25.2 Å². The molecule has 3 rings (SSSR count). The lowest BCUT2D eigenvalue weighted by molar-refractivity contribution is -0.129. The van der Waals surface area contributed by atoms with Crippen molar-refractivity contribution in [3.8, 4) is 5.69 Å². The molecule has 0 unspecified atom stereocenters. The summed E-state index contributed by atoms with van der Waals surface area (Å²) in [5.74, 6) is 0.116. The lowest BCUT2D eigenvalue weighted by Crippen LogP contribution is -2.40. The van der Waals surface area contributed by atoms with Gasteiger partial charge in [-0.3, -0.25) is 4.79 Å². The summed E-state index contributed by atoms with van der Waals surface area (Å²) < 4.78 is 2.22. The number of para-hydroxylation sites is 1. The van der Waals surface area contributed by atoms with E-state index in [4.69, 9.17) is 0 Å². The molecule has 108 valence electrons. The monoisotopic (exact) mass is 280 g/mol. The van der Waals surface area contributed by atoms with Crippen LogP contribution >= 0.6 is 0 Å².